The lowest BCUT2D eigenvalue weighted by Gasteiger charge is -2.19. The van der Waals surface area contributed by atoms with Crippen molar-refractivity contribution in [1.29, 1.82) is 0 Å². The topological polar surface area (TPSA) is 47.3 Å². The Balaban J connectivity index is 1.98. The van der Waals surface area contributed by atoms with E-state index in [1.54, 1.807) is 0 Å². The van der Waals surface area contributed by atoms with E-state index >= 15 is 0 Å². The second-order valence-electron chi connectivity index (χ2n) is 5.46. The first-order valence-electron chi connectivity index (χ1n) is 6.92. The Morgan fingerprint density at radius 2 is 1.65 bits per heavy atom. The Hall–Kier alpha value is -1.68. The van der Waals surface area contributed by atoms with Crippen LogP contribution in [0.2, 0.25) is 0 Å². The lowest BCUT2D eigenvalue weighted by atomic mass is 9.94. The van der Waals surface area contributed by atoms with Crippen LogP contribution in [0.4, 0.5) is 0 Å². The molecule has 1 unspecified atom stereocenters. The molecule has 1 aliphatic rings. The molecule has 3 rings (SSSR count). The number of hydrogen-bond donors (Lipinski definition) is 2. The third-order valence-electron chi connectivity index (χ3n) is 4.11. The van der Waals surface area contributed by atoms with Gasteiger partial charge < -0.3 is 4.74 Å². The zero-order chi connectivity index (χ0) is 14.1. The molecule has 2 aromatic rings. The number of hydrazine groups is 1. The number of rotatable bonds is 3. The molecule has 0 bridgehead atoms. The molecule has 3 heteroatoms. The molecular formula is C17H20N2O. The van der Waals surface area contributed by atoms with Crippen molar-refractivity contribution in [3.05, 3.63) is 69.8 Å². The quantitative estimate of drug-likeness (QED) is 0.664. The first kappa shape index (κ1) is 13.3. The third kappa shape index (κ3) is 2.36. The minimum absolute atomic E-state index is 0.0141. The minimum Gasteiger partial charge on any atom is -0.372 e. The van der Waals surface area contributed by atoms with Crippen molar-refractivity contribution in [2.24, 2.45) is 5.84 Å². The number of nitrogens with two attached hydrogens (primary N) is 1. The van der Waals surface area contributed by atoms with Gasteiger partial charge in [0.2, 0.25) is 0 Å². The zero-order valence-corrected chi connectivity index (χ0v) is 11.9. The van der Waals surface area contributed by atoms with E-state index in [0.29, 0.717) is 6.61 Å². The molecule has 0 amide bonds. The number of hydrogen-bond acceptors (Lipinski definition) is 3. The van der Waals surface area contributed by atoms with Gasteiger partial charge in [0, 0.05) is 0 Å². The van der Waals surface area contributed by atoms with Gasteiger partial charge in [-0.1, -0.05) is 36.4 Å². The predicted octanol–water partition coefficient (Wildman–Crippen LogP) is 2.89. The van der Waals surface area contributed by atoms with Gasteiger partial charge in [-0.15, -0.1) is 0 Å². The van der Waals surface area contributed by atoms with E-state index in [1.165, 1.54) is 33.4 Å². The zero-order valence-electron chi connectivity index (χ0n) is 11.9. The number of benzene rings is 2. The van der Waals surface area contributed by atoms with Gasteiger partial charge in [-0.25, -0.2) is 5.43 Å². The van der Waals surface area contributed by atoms with Gasteiger partial charge in [0.1, 0.15) is 0 Å². The van der Waals surface area contributed by atoms with Gasteiger partial charge in [-0.2, -0.15) is 0 Å². The van der Waals surface area contributed by atoms with Crippen molar-refractivity contribution >= 4 is 0 Å². The van der Waals surface area contributed by atoms with Crippen molar-refractivity contribution < 1.29 is 4.74 Å². The summed E-state index contributed by atoms with van der Waals surface area (Å²) in [5.41, 5.74) is 10.4. The van der Waals surface area contributed by atoms with Crippen molar-refractivity contribution in [1.82, 2.24) is 5.43 Å². The molecule has 20 heavy (non-hydrogen) atoms. The van der Waals surface area contributed by atoms with Gasteiger partial charge in [0.25, 0.3) is 0 Å². The van der Waals surface area contributed by atoms with E-state index in [-0.39, 0.29) is 6.04 Å². The molecule has 0 spiro atoms. The molecule has 0 aromatic heterocycles. The van der Waals surface area contributed by atoms with Crippen molar-refractivity contribution in [3.63, 3.8) is 0 Å². The summed E-state index contributed by atoms with van der Waals surface area (Å²) in [7, 11) is 0. The van der Waals surface area contributed by atoms with E-state index < -0.39 is 0 Å². The number of fused-ring (bicyclic) bond motifs is 1. The minimum atomic E-state index is 0.0141. The highest BCUT2D eigenvalue weighted by molar-refractivity contribution is 5.41. The molecule has 0 saturated heterocycles. The molecule has 1 aliphatic heterocycles. The fourth-order valence-electron chi connectivity index (χ4n) is 2.70. The molecule has 0 saturated carbocycles. The largest absolute Gasteiger partial charge is 0.372 e. The summed E-state index contributed by atoms with van der Waals surface area (Å²) in [5, 5.41) is 0. The van der Waals surface area contributed by atoms with Gasteiger partial charge >= 0.3 is 0 Å². The molecule has 0 aliphatic carbocycles. The maximum atomic E-state index is 5.79. The van der Waals surface area contributed by atoms with E-state index in [4.69, 9.17) is 10.6 Å². The standard InChI is InChI=1S/C17H20N2O/c1-11-3-4-13(7-12(11)2)17(19-18)14-5-6-15-9-20-10-16(15)8-14/h3-8,17,19H,9-10,18H2,1-2H3. The highest BCUT2D eigenvalue weighted by Gasteiger charge is 2.17. The molecule has 2 aromatic carbocycles. The second kappa shape index (κ2) is 5.37. The Kier molecular flexibility index (Phi) is 3.57. The first-order chi connectivity index (χ1) is 9.69. The Bertz CT molecular complexity index is 637. The summed E-state index contributed by atoms with van der Waals surface area (Å²) in [5.74, 6) is 5.79. The van der Waals surface area contributed by atoms with Crippen LogP contribution in [-0.4, -0.2) is 0 Å². The van der Waals surface area contributed by atoms with Crippen LogP contribution in [-0.2, 0) is 18.0 Å². The van der Waals surface area contributed by atoms with Crippen molar-refractivity contribution in [2.75, 3.05) is 0 Å². The summed E-state index contributed by atoms with van der Waals surface area (Å²) in [6.45, 7) is 5.67. The molecule has 1 heterocycles. The summed E-state index contributed by atoms with van der Waals surface area (Å²) < 4.78 is 5.47. The molecule has 3 nitrogen and oxygen atoms in total. The first-order valence-corrected chi connectivity index (χ1v) is 6.92. The van der Waals surface area contributed by atoms with Crippen LogP contribution in [0.3, 0.4) is 0 Å². The Morgan fingerprint density at radius 1 is 0.950 bits per heavy atom. The third-order valence-corrected chi connectivity index (χ3v) is 4.11. The second-order valence-corrected chi connectivity index (χ2v) is 5.46. The van der Waals surface area contributed by atoms with Gasteiger partial charge in [-0.3, -0.25) is 5.84 Å². The monoisotopic (exact) mass is 268 g/mol. The van der Waals surface area contributed by atoms with E-state index in [1.807, 2.05) is 0 Å². The maximum Gasteiger partial charge on any atom is 0.0725 e. The van der Waals surface area contributed by atoms with Gasteiger partial charge in [-0.05, 0) is 47.2 Å². The Morgan fingerprint density at radius 3 is 2.40 bits per heavy atom. The SMILES string of the molecule is Cc1ccc(C(NN)c2ccc3c(c2)COC3)cc1C. The highest BCUT2D eigenvalue weighted by atomic mass is 16.5. The summed E-state index contributed by atoms with van der Waals surface area (Å²) in [6.07, 6.45) is 0. The van der Waals surface area contributed by atoms with Crippen LogP contribution in [0.5, 0.6) is 0 Å². The number of nitrogens with one attached hydrogen (secondary N) is 1. The fourth-order valence-corrected chi connectivity index (χ4v) is 2.70. The van der Waals surface area contributed by atoms with Crippen LogP contribution in [0, 0.1) is 13.8 Å². The smallest absolute Gasteiger partial charge is 0.0725 e. The van der Waals surface area contributed by atoms with Crippen LogP contribution >= 0.6 is 0 Å². The molecule has 3 N–H and O–H groups in total. The van der Waals surface area contributed by atoms with Crippen LogP contribution in [0.25, 0.3) is 0 Å². The average molecular weight is 268 g/mol. The Labute approximate surface area is 119 Å². The summed E-state index contributed by atoms with van der Waals surface area (Å²) >= 11 is 0. The van der Waals surface area contributed by atoms with Gasteiger partial charge in [0.05, 0.1) is 19.3 Å². The molecule has 1 atom stereocenters. The van der Waals surface area contributed by atoms with Crippen LogP contribution < -0.4 is 11.3 Å². The normalized spacial score (nSPS) is 15.2. The summed E-state index contributed by atoms with van der Waals surface area (Å²) in [4.78, 5) is 0. The number of aryl methyl sites for hydroxylation is 2. The number of ether oxygens (including phenoxy) is 1. The van der Waals surface area contributed by atoms with Crippen LogP contribution in [0.15, 0.2) is 36.4 Å². The van der Waals surface area contributed by atoms with E-state index in [0.717, 1.165) is 6.61 Å². The lowest BCUT2D eigenvalue weighted by Crippen LogP contribution is -2.29. The highest BCUT2D eigenvalue weighted by Crippen LogP contribution is 2.28. The molecule has 104 valence electrons. The van der Waals surface area contributed by atoms with Crippen LogP contribution in [0.1, 0.15) is 39.4 Å². The van der Waals surface area contributed by atoms with E-state index in [2.05, 4.69) is 55.7 Å². The van der Waals surface area contributed by atoms with Crippen molar-refractivity contribution in [2.45, 2.75) is 33.1 Å². The maximum absolute atomic E-state index is 5.79. The van der Waals surface area contributed by atoms with Crippen molar-refractivity contribution in [3.8, 4) is 0 Å². The fraction of sp³-hybridized carbons (Fsp3) is 0.294. The van der Waals surface area contributed by atoms with E-state index in [9.17, 15) is 0 Å². The molecular weight excluding hydrogens is 248 g/mol. The summed E-state index contributed by atoms with van der Waals surface area (Å²) in [6, 6.07) is 13.0. The molecule has 0 radical (unpaired) electrons. The average Bonchev–Trinajstić information content (AvgIpc) is 2.91. The van der Waals surface area contributed by atoms with Gasteiger partial charge in [0.15, 0.2) is 0 Å². The lowest BCUT2D eigenvalue weighted by molar-refractivity contribution is 0.134. The predicted molar refractivity (Wildman–Crippen MR) is 80.0 cm³/mol. The molecule has 0 fully saturated rings.